The van der Waals surface area contributed by atoms with Crippen LogP contribution in [-0.4, -0.2) is 18.6 Å². The maximum Gasteiger partial charge on any atom is 0.0947 e. The van der Waals surface area contributed by atoms with Gasteiger partial charge in [0.25, 0.3) is 0 Å². The number of furan rings is 1. The lowest BCUT2D eigenvalue weighted by atomic mass is 9.91. The Balaban J connectivity index is 1.72. The van der Waals surface area contributed by atoms with Gasteiger partial charge in [-0.05, 0) is 32.4 Å². The van der Waals surface area contributed by atoms with Crippen LogP contribution in [0.4, 0.5) is 0 Å². The van der Waals surface area contributed by atoms with E-state index in [0.717, 1.165) is 19.6 Å². The van der Waals surface area contributed by atoms with E-state index in [1.807, 2.05) is 6.07 Å². The highest BCUT2D eigenvalue weighted by atomic mass is 16.3. The van der Waals surface area contributed by atoms with Crippen LogP contribution >= 0.6 is 0 Å². The summed E-state index contributed by atoms with van der Waals surface area (Å²) in [6.45, 7) is 5.38. The number of rotatable bonds is 4. The van der Waals surface area contributed by atoms with Crippen LogP contribution in [0.3, 0.4) is 0 Å². The Kier molecular flexibility index (Phi) is 3.44. The van der Waals surface area contributed by atoms with Crippen molar-refractivity contribution < 1.29 is 4.42 Å². The zero-order chi connectivity index (χ0) is 10.6. The van der Waals surface area contributed by atoms with Gasteiger partial charge in [-0.2, -0.15) is 0 Å². The molecule has 3 nitrogen and oxygen atoms in total. The maximum atomic E-state index is 5.03. The zero-order valence-electron chi connectivity index (χ0n) is 9.38. The average Bonchev–Trinajstić information content (AvgIpc) is 2.71. The van der Waals surface area contributed by atoms with E-state index in [1.54, 1.807) is 12.5 Å². The van der Waals surface area contributed by atoms with Gasteiger partial charge in [0.2, 0.25) is 0 Å². The summed E-state index contributed by atoms with van der Waals surface area (Å²) in [5.41, 5.74) is 1.50. The summed E-state index contributed by atoms with van der Waals surface area (Å²) in [6.07, 6.45) is 7.45. The molecule has 15 heavy (non-hydrogen) atoms. The van der Waals surface area contributed by atoms with Crippen LogP contribution in [0.2, 0.25) is 0 Å². The first-order valence-corrected chi connectivity index (χ1v) is 5.75. The van der Waals surface area contributed by atoms with Crippen LogP contribution in [0.5, 0.6) is 0 Å². The first kappa shape index (κ1) is 10.7. The summed E-state index contributed by atoms with van der Waals surface area (Å²) in [5.74, 6) is 0. The molecule has 0 amide bonds. The number of hydrogen-bond donors (Lipinski definition) is 2. The van der Waals surface area contributed by atoms with Crippen LogP contribution in [0.15, 0.2) is 23.0 Å². The van der Waals surface area contributed by atoms with Gasteiger partial charge in [0.1, 0.15) is 0 Å². The third kappa shape index (κ3) is 3.08. The van der Waals surface area contributed by atoms with Crippen molar-refractivity contribution in [3.8, 4) is 0 Å². The predicted octanol–water partition coefficient (Wildman–Crippen LogP) is 1.90. The Morgan fingerprint density at radius 2 is 2.47 bits per heavy atom. The quantitative estimate of drug-likeness (QED) is 0.793. The van der Waals surface area contributed by atoms with Gasteiger partial charge < -0.3 is 15.1 Å². The maximum absolute atomic E-state index is 5.03. The molecular weight excluding hydrogens is 188 g/mol. The van der Waals surface area contributed by atoms with Gasteiger partial charge in [-0.1, -0.05) is 6.42 Å². The van der Waals surface area contributed by atoms with E-state index in [4.69, 9.17) is 4.42 Å². The van der Waals surface area contributed by atoms with Crippen LogP contribution in [0.1, 0.15) is 31.7 Å². The second-order valence-electron chi connectivity index (χ2n) is 4.68. The summed E-state index contributed by atoms with van der Waals surface area (Å²) in [6, 6.07) is 2.00. The van der Waals surface area contributed by atoms with Crippen LogP contribution in [0.25, 0.3) is 0 Å². The van der Waals surface area contributed by atoms with Gasteiger partial charge in [0.15, 0.2) is 0 Å². The van der Waals surface area contributed by atoms with E-state index in [1.165, 1.54) is 24.8 Å². The van der Waals surface area contributed by atoms with Crippen molar-refractivity contribution in [3.63, 3.8) is 0 Å². The summed E-state index contributed by atoms with van der Waals surface area (Å²) in [4.78, 5) is 0. The SMILES string of the molecule is CC1(CNCc2ccoc2)CCCCN1. The fourth-order valence-electron chi connectivity index (χ4n) is 2.15. The van der Waals surface area contributed by atoms with Crippen molar-refractivity contribution >= 4 is 0 Å². The summed E-state index contributed by atoms with van der Waals surface area (Å²) >= 11 is 0. The Bertz CT molecular complexity index is 276. The van der Waals surface area contributed by atoms with Gasteiger partial charge in [0, 0.05) is 24.2 Å². The Morgan fingerprint density at radius 3 is 3.13 bits per heavy atom. The van der Waals surface area contributed by atoms with Gasteiger partial charge in [0.05, 0.1) is 12.5 Å². The van der Waals surface area contributed by atoms with Crippen molar-refractivity contribution in [1.29, 1.82) is 0 Å². The molecule has 1 saturated heterocycles. The summed E-state index contributed by atoms with van der Waals surface area (Å²) in [7, 11) is 0. The summed E-state index contributed by atoms with van der Waals surface area (Å²) in [5, 5.41) is 7.07. The average molecular weight is 208 g/mol. The molecule has 0 bridgehead atoms. The largest absolute Gasteiger partial charge is 0.472 e. The van der Waals surface area contributed by atoms with E-state index in [-0.39, 0.29) is 5.54 Å². The van der Waals surface area contributed by atoms with Crippen LogP contribution in [0, 0.1) is 0 Å². The fourth-order valence-corrected chi connectivity index (χ4v) is 2.15. The molecule has 1 aromatic heterocycles. The van der Waals surface area contributed by atoms with Gasteiger partial charge >= 0.3 is 0 Å². The second-order valence-corrected chi connectivity index (χ2v) is 4.68. The lowest BCUT2D eigenvalue weighted by Gasteiger charge is -2.35. The molecule has 0 saturated carbocycles. The van der Waals surface area contributed by atoms with Gasteiger partial charge in [-0.3, -0.25) is 0 Å². The number of nitrogens with one attached hydrogen (secondary N) is 2. The molecule has 0 aliphatic carbocycles. The molecule has 2 N–H and O–H groups in total. The summed E-state index contributed by atoms with van der Waals surface area (Å²) < 4.78 is 5.03. The lowest BCUT2D eigenvalue weighted by molar-refractivity contribution is 0.266. The normalized spacial score (nSPS) is 26.7. The molecule has 0 spiro atoms. The molecule has 84 valence electrons. The molecule has 2 rings (SSSR count). The zero-order valence-corrected chi connectivity index (χ0v) is 9.38. The van der Waals surface area contributed by atoms with E-state index in [9.17, 15) is 0 Å². The third-order valence-electron chi connectivity index (χ3n) is 3.13. The molecule has 0 aromatic carbocycles. The molecular formula is C12H20N2O. The first-order chi connectivity index (χ1) is 7.29. The minimum Gasteiger partial charge on any atom is -0.472 e. The molecule has 1 fully saturated rings. The molecule has 1 aromatic rings. The second kappa shape index (κ2) is 4.81. The Morgan fingerprint density at radius 1 is 1.53 bits per heavy atom. The van der Waals surface area contributed by atoms with Crippen molar-refractivity contribution in [3.05, 3.63) is 24.2 Å². The number of hydrogen-bond acceptors (Lipinski definition) is 3. The van der Waals surface area contributed by atoms with E-state index in [2.05, 4.69) is 17.6 Å². The predicted molar refractivity (Wildman–Crippen MR) is 60.7 cm³/mol. The minimum absolute atomic E-state index is 0.280. The smallest absolute Gasteiger partial charge is 0.0947 e. The van der Waals surface area contributed by atoms with E-state index in [0.29, 0.717) is 0 Å². The Hall–Kier alpha value is -0.800. The standard InChI is InChI=1S/C12H20N2O/c1-12(5-2-3-6-14-12)10-13-8-11-4-7-15-9-11/h4,7,9,13-14H,2-3,5-6,8,10H2,1H3. The van der Waals surface area contributed by atoms with E-state index < -0.39 is 0 Å². The monoisotopic (exact) mass is 208 g/mol. The number of piperidine rings is 1. The van der Waals surface area contributed by atoms with Crippen LogP contribution in [-0.2, 0) is 6.54 Å². The van der Waals surface area contributed by atoms with Crippen molar-refractivity contribution in [2.75, 3.05) is 13.1 Å². The van der Waals surface area contributed by atoms with Crippen LogP contribution < -0.4 is 10.6 Å². The molecule has 1 unspecified atom stereocenters. The minimum atomic E-state index is 0.280. The topological polar surface area (TPSA) is 37.2 Å². The molecule has 1 aliphatic heterocycles. The molecule has 1 aliphatic rings. The molecule has 0 radical (unpaired) electrons. The van der Waals surface area contributed by atoms with Crippen molar-refractivity contribution in [1.82, 2.24) is 10.6 Å². The van der Waals surface area contributed by atoms with Crippen molar-refractivity contribution in [2.24, 2.45) is 0 Å². The third-order valence-corrected chi connectivity index (χ3v) is 3.13. The molecule has 2 heterocycles. The first-order valence-electron chi connectivity index (χ1n) is 5.75. The lowest BCUT2D eigenvalue weighted by Crippen LogP contribution is -2.52. The van der Waals surface area contributed by atoms with E-state index >= 15 is 0 Å². The molecule has 3 heteroatoms. The highest BCUT2D eigenvalue weighted by Crippen LogP contribution is 2.17. The van der Waals surface area contributed by atoms with Crippen molar-refractivity contribution in [2.45, 2.75) is 38.3 Å². The Labute approximate surface area is 91.2 Å². The molecule has 1 atom stereocenters. The van der Waals surface area contributed by atoms with Gasteiger partial charge in [-0.25, -0.2) is 0 Å². The highest BCUT2D eigenvalue weighted by molar-refractivity contribution is 5.04. The highest BCUT2D eigenvalue weighted by Gasteiger charge is 2.25. The van der Waals surface area contributed by atoms with Gasteiger partial charge in [-0.15, -0.1) is 0 Å². The fraction of sp³-hybridized carbons (Fsp3) is 0.667.